The molecule has 3 N–H and O–H groups in total. The molecule has 7 nitrogen and oxygen atoms in total. The minimum Gasteiger partial charge on any atom is -0.508 e. The Kier molecular flexibility index (Phi) is 8.58. The van der Waals surface area contributed by atoms with Gasteiger partial charge < -0.3 is 15.2 Å². The second-order valence-electron chi connectivity index (χ2n) is 5.69. The van der Waals surface area contributed by atoms with Crippen LogP contribution in [0.4, 0.5) is 0 Å². The first-order valence-corrected chi connectivity index (χ1v) is 9.15. The molecule has 0 heterocycles. The van der Waals surface area contributed by atoms with Crippen LogP contribution in [0.2, 0.25) is 10.0 Å². The van der Waals surface area contributed by atoms with Crippen LogP contribution in [0.3, 0.4) is 0 Å². The van der Waals surface area contributed by atoms with Gasteiger partial charge in [0.2, 0.25) is 5.91 Å². The molecule has 0 aliphatic rings. The van der Waals surface area contributed by atoms with E-state index < -0.39 is 5.91 Å². The van der Waals surface area contributed by atoms with E-state index in [1.54, 1.807) is 30.3 Å². The number of rotatable bonds is 9. The molecule has 0 aromatic heterocycles. The zero-order valence-electron chi connectivity index (χ0n) is 14.8. The number of nitrogens with zero attached hydrogens (tertiary/aromatic N) is 1. The topological polar surface area (TPSA) is 100 Å². The van der Waals surface area contributed by atoms with Crippen LogP contribution in [-0.2, 0) is 9.59 Å². The third kappa shape index (κ3) is 7.85. The number of benzene rings is 2. The van der Waals surface area contributed by atoms with Gasteiger partial charge in [-0.3, -0.25) is 9.59 Å². The summed E-state index contributed by atoms with van der Waals surface area (Å²) in [5, 5.41) is 16.5. The molecule has 0 fully saturated rings. The highest BCUT2D eigenvalue weighted by atomic mass is 35.5. The fourth-order valence-corrected chi connectivity index (χ4v) is 2.56. The monoisotopic (exact) mass is 423 g/mol. The smallest absolute Gasteiger partial charge is 0.259 e. The van der Waals surface area contributed by atoms with Crippen LogP contribution < -0.4 is 15.5 Å². The molecule has 0 atom stereocenters. The fraction of sp³-hybridized carbons (Fsp3) is 0.211. The molecule has 2 amide bonds. The van der Waals surface area contributed by atoms with Crippen molar-refractivity contribution in [1.29, 1.82) is 0 Å². The first kappa shape index (κ1) is 21.5. The van der Waals surface area contributed by atoms with Gasteiger partial charge in [-0.1, -0.05) is 35.3 Å². The number of halogens is 2. The molecule has 0 aliphatic carbocycles. The number of ether oxygens (including phenoxy) is 1. The van der Waals surface area contributed by atoms with Crippen LogP contribution in [-0.4, -0.2) is 36.3 Å². The molecule has 2 aromatic carbocycles. The number of amides is 2. The predicted octanol–water partition coefficient (Wildman–Crippen LogP) is 3.12. The Morgan fingerprint density at radius 2 is 1.96 bits per heavy atom. The van der Waals surface area contributed by atoms with E-state index in [9.17, 15) is 14.7 Å². The molecule has 0 spiro atoms. The first-order chi connectivity index (χ1) is 13.4. The van der Waals surface area contributed by atoms with Gasteiger partial charge in [0.1, 0.15) is 11.5 Å². The number of nitrogens with one attached hydrogen (secondary N) is 2. The Hall–Kier alpha value is -2.77. The van der Waals surface area contributed by atoms with Gasteiger partial charge in [-0.25, -0.2) is 5.43 Å². The van der Waals surface area contributed by atoms with E-state index in [2.05, 4.69) is 15.8 Å². The van der Waals surface area contributed by atoms with Crippen LogP contribution in [0.1, 0.15) is 18.4 Å². The Labute approximate surface area is 172 Å². The zero-order valence-corrected chi connectivity index (χ0v) is 16.3. The second kappa shape index (κ2) is 11.2. The lowest BCUT2D eigenvalue weighted by atomic mass is 10.2. The molecule has 0 aliphatic heterocycles. The van der Waals surface area contributed by atoms with Crippen LogP contribution in [0.25, 0.3) is 0 Å². The second-order valence-corrected chi connectivity index (χ2v) is 6.54. The van der Waals surface area contributed by atoms with Crippen molar-refractivity contribution < 1.29 is 19.4 Å². The van der Waals surface area contributed by atoms with Gasteiger partial charge in [0.15, 0.2) is 0 Å². The number of carbonyl (C=O) groups excluding carboxylic acids is 2. The number of phenolic OH excluding ortho intramolecular Hbond substituents is 1. The van der Waals surface area contributed by atoms with Crippen LogP contribution in [0.5, 0.6) is 11.5 Å². The first-order valence-electron chi connectivity index (χ1n) is 8.39. The maximum absolute atomic E-state index is 11.7. The lowest BCUT2D eigenvalue weighted by molar-refractivity contribution is -0.126. The highest BCUT2D eigenvalue weighted by Gasteiger charge is 2.06. The summed E-state index contributed by atoms with van der Waals surface area (Å²) in [6.07, 6.45) is 2.05. The van der Waals surface area contributed by atoms with Gasteiger partial charge in [0.05, 0.1) is 24.4 Å². The van der Waals surface area contributed by atoms with Crippen molar-refractivity contribution in [3.63, 3.8) is 0 Å². The number of aromatic hydroxyl groups is 1. The summed E-state index contributed by atoms with van der Waals surface area (Å²) in [5.41, 5.74) is 2.92. The molecule has 28 heavy (non-hydrogen) atoms. The number of hydrogen-bond donors (Lipinski definition) is 3. The molecule has 2 aromatic rings. The third-order valence-electron chi connectivity index (χ3n) is 3.42. The fourth-order valence-electron chi connectivity index (χ4n) is 2.10. The lowest BCUT2D eigenvalue weighted by Gasteiger charge is -2.08. The summed E-state index contributed by atoms with van der Waals surface area (Å²) in [7, 11) is 0. The van der Waals surface area contributed by atoms with E-state index in [-0.39, 0.29) is 24.6 Å². The molecule has 9 heteroatoms. The standard InChI is InChI=1S/C19H19Cl2N3O4/c20-14-6-7-17(16(21)10-14)28-8-2-5-18(26)22-12-19(27)24-23-11-13-3-1-4-15(25)9-13/h1,3-4,6-7,9-11,25H,2,5,8,12H2,(H,22,26)(H,24,27)/b23-11+. The number of carbonyl (C=O) groups is 2. The Morgan fingerprint density at radius 3 is 2.71 bits per heavy atom. The SMILES string of the molecule is O=C(CCCOc1ccc(Cl)cc1Cl)NCC(=O)N/N=C/c1cccc(O)c1. The summed E-state index contributed by atoms with van der Waals surface area (Å²) < 4.78 is 5.48. The van der Waals surface area contributed by atoms with Gasteiger partial charge >= 0.3 is 0 Å². The summed E-state index contributed by atoms with van der Waals surface area (Å²) in [6.45, 7) is 0.106. The molecule has 0 bridgehead atoms. The van der Waals surface area contributed by atoms with E-state index in [1.165, 1.54) is 18.3 Å². The highest BCUT2D eigenvalue weighted by molar-refractivity contribution is 6.35. The van der Waals surface area contributed by atoms with Crippen molar-refractivity contribution in [3.8, 4) is 11.5 Å². The van der Waals surface area contributed by atoms with E-state index in [0.29, 0.717) is 34.4 Å². The Balaban J connectivity index is 1.60. The molecule has 0 unspecified atom stereocenters. The Bertz CT molecular complexity index is 859. The normalized spacial score (nSPS) is 10.6. The van der Waals surface area contributed by atoms with Crippen LogP contribution in [0, 0.1) is 0 Å². The molecule has 0 radical (unpaired) electrons. The summed E-state index contributed by atoms with van der Waals surface area (Å²) >= 11 is 11.8. The van der Waals surface area contributed by atoms with Gasteiger partial charge in [0.25, 0.3) is 5.91 Å². The predicted molar refractivity (Wildman–Crippen MR) is 108 cm³/mol. The minimum atomic E-state index is -0.464. The van der Waals surface area contributed by atoms with E-state index in [4.69, 9.17) is 27.9 Å². The van der Waals surface area contributed by atoms with Crippen LogP contribution >= 0.6 is 23.2 Å². The maximum Gasteiger partial charge on any atom is 0.259 e. The lowest BCUT2D eigenvalue weighted by Crippen LogP contribution is -2.34. The molecule has 148 valence electrons. The minimum absolute atomic E-state index is 0.102. The number of phenols is 1. The largest absolute Gasteiger partial charge is 0.508 e. The van der Waals surface area contributed by atoms with E-state index in [0.717, 1.165) is 0 Å². The van der Waals surface area contributed by atoms with Crippen molar-refractivity contribution in [2.45, 2.75) is 12.8 Å². The average molecular weight is 424 g/mol. The average Bonchev–Trinajstić information content (AvgIpc) is 2.65. The van der Waals surface area contributed by atoms with Crippen molar-refractivity contribution in [3.05, 3.63) is 58.1 Å². The van der Waals surface area contributed by atoms with Gasteiger partial charge in [-0.2, -0.15) is 5.10 Å². The van der Waals surface area contributed by atoms with Gasteiger partial charge in [-0.05, 0) is 42.3 Å². The molecule has 2 rings (SSSR count). The summed E-state index contributed by atoms with van der Waals surface area (Å²) in [6, 6.07) is 11.3. The summed E-state index contributed by atoms with van der Waals surface area (Å²) in [5.74, 6) is -0.146. The molecule has 0 saturated heterocycles. The highest BCUT2D eigenvalue weighted by Crippen LogP contribution is 2.27. The third-order valence-corrected chi connectivity index (χ3v) is 3.95. The van der Waals surface area contributed by atoms with Gasteiger partial charge in [0, 0.05) is 11.4 Å². The van der Waals surface area contributed by atoms with Crippen LogP contribution in [0.15, 0.2) is 47.6 Å². The van der Waals surface area contributed by atoms with Crippen molar-refractivity contribution in [2.24, 2.45) is 5.10 Å². The van der Waals surface area contributed by atoms with Crippen molar-refractivity contribution in [1.82, 2.24) is 10.7 Å². The van der Waals surface area contributed by atoms with E-state index >= 15 is 0 Å². The Morgan fingerprint density at radius 1 is 1.14 bits per heavy atom. The zero-order chi connectivity index (χ0) is 20.4. The van der Waals surface area contributed by atoms with Crippen molar-refractivity contribution >= 4 is 41.2 Å². The van der Waals surface area contributed by atoms with Gasteiger partial charge in [-0.15, -0.1) is 0 Å². The molecule has 0 saturated carbocycles. The molecular formula is C19H19Cl2N3O4. The van der Waals surface area contributed by atoms with E-state index in [1.807, 2.05) is 0 Å². The number of hydrogen-bond acceptors (Lipinski definition) is 5. The van der Waals surface area contributed by atoms with Crippen molar-refractivity contribution in [2.75, 3.05) is 13.2 Å². The maximum atomic E-state index is 11.7. The summed E-state index contributed by atoms with van der Waals surface area (Å²) in [4.78, 5) is 23.4. The quantitative estimate of drug-likeness (QED) is 0.327. The molecular weight excluding hydrogens is 405 g/mol. The number of hydrazone groups is 1.